The van der Waals surface area contributed by atoms with Crippen molar-refractivity contribution >= 4 is 50.9 Å². The monoisotopic (exact) mass is 444 g/mol. The molecule has 0 unspecified atom stereocenters. The molecule has 156 valence electrons. The zero-order valence-electron chi connectivity index (χ0n) is 16.1. The molecule has 1 amide bonds. The molecule has 4 rings (SSSR count). The number of hydrogen-bond acceptors (Lipinski definition) is 5. The zero-order chi connectivity index (χ0) is 21.1. The van der Waals surface area contributed by atoms with E-state index in [-0.39, 0.29) is 11.7 Å². The quantitative estimate of drug-likeness (QED) is 0.487. The first-order valence-corrected chi connectivity index (χ1v) is 11.6. The molecule has 0 bridgehead atoms. The molecule has 1 saturated carbocycles. The van der Waals surface area contributed by atoms with Crippen molar-refractivity contribution in [3.8, 4) is 0 Å². The van der Waals surface area contributed by atoms with E-state index in [9.17, 15) is 19.1 Å². The number of carboxylic acids is 1. The molecule has 1 aliphatic rings. The van der Waals surface area contributed by atoms with E-state index in [1.165, 1.54) is 23.5 Å². The molecule has 1 aromatic heterocycles. The number of rotatable bonds is 6. The number of aliphatic carboxylic acids is 1. The van der Waals surface area contributed by atoms with Crippen LogP contribution in [0.5, 0.6) is 0 Å². The Hall–Kier alpha value is -2.45. The normalized spacial score (nSPS) is 19.0. The number of amides is 1. The third kappa shape index (κ3) is 4.82. The van der Waals surface area contributed by atoms with Crippen LogP contribution in [-0.2, 0) is 15.3 Å². The second-order valence-corrected chi connectivity index (χ2v) is 9.66. The summed E-state index contributed by atoms with van der Waals surface area (Å²) in [4.78, 5) is 28.8. The molecule has 2 N–H and O–H groups in total. The highest BCUT2D eigenvalue weighted by molar-refractivity contribution is 8.00. The van der Waals surface area contributed by atoms with Crippen molar-refractivity contribution < 1.29 is 19.1 Å². The lowest BCUT2D eigenvalue weighted by molar-refractivity contribution is -0.147. The smallest absolute Gasteiger partial charge is 0.307 e. The average Bonchev–Trinajstić information content (AvgIpc) is 3.15. The fourth-order valence-electron chi connectivity index (χ4n) is 3.74. The van der Waals surface area contributed by atoms with Gasteiger partial charge in [-0.15, -0.1) is 11.3 Å². The Kier molecular flexibility index (Phi) is 6.34. The minimum atomic E-state index is -0.893. The number of nitrogens with one attached hydrogen (secondary N) is 1. The molecular formula is C22H21FN2O3S2. The van der Waals surface area contributed by atoms with Crippen LogP contribution >= 0.6 is 23.1 Å². The number of aromatic nitrogens is 1. The van der Waals surface area contributed by atoms with Crippen LogP contribution in [0.2, 0.25) is 0 Å². The lowest BCUT2D eigenvalue weighted by atomic mass is 9.78. The van der Waals surface area contributed by atoms with Gasteiger partial charge >= 0.3 is 5.97 Å². The summed E-state index contributed by atoms with van der Waals surface area (Å²) in [6.07, 6.45) is 2.89. The van der Waals surface area contributed by atoms with Gasteiger partial charge in [-0.05, 0) is 48.7 Å². The maximum absolute atomic E-state index is 13.0. The van der Waals surface area contributed by atoms with E-state index in [1.54, 1.807) is 30.0 Å². The number of fused-ring (bicyclic) bond motifs is 1. The first-order chi connectivity index (χ1) is 14.5. The van der Waals surface area contributed by atoms with Gasteiger partial charge in [-0.1, -0.05) is 36.7 Å². The standard InChI is InChI=1S/C22H21FN2O3S2/c23-14-7-5-13(6-8-14)12-29-22-25-18-10-9-15(11-19(18)30-22)24-20(26)16-3-1-2-4-17(16)21(27)28/h5-11,16-17H,1-4,12H2,(H,24,26)(H,27,28)/t16-,17+/m0/s1. The van der Waals surface area contributed by atoms with E-state index in [0.717, 1.165) is 33.0 Å². The number of benzene rings is 2. The predicted molar refractivity (Wildman–Crippen MR) is 117 cm³/mol. The van der Waals surface area contributed by atoms with Crippen LogP contribution in [-0.4, -0.2) is 22.0 Å². The lowest BCUT2D eigenvalue weighted by Gasteiger charge is -2.27. The van der Waals surface area contributed by atoms with Crippen LogP contribution in [0, 0.1) is 17.7 Å². The Labute approximate surface area is 181 Å². The molecule has 5 nitrogen and oxygen atoms in total. The highest BCUT2D eigenvalue weighted by Crippen LogP contribution is 2.34. The van der Waals surface area contributed by atoms with Crippen LogP contribution in [0.3, 0.4) is 0 Å². The maximum atomic E-state index is 13.0. The molecule has 8 heteroatoms. The van der Waals surface area contributed by atoms with Gasteiger partial charge in [0.25, 0.3) is 0 Å². The van der Waals surface area contributed by atoms with Gasteiger partial charge < -0.3 is 10.4 Å². The van der Waals surface area contributed by atoms with Crippen LogP contribution < -0.4 is 5.32 Å². The largest absolute Gasteiger partial charge is 0.481 e. The van der Waals surface area contributed by atoms with Crippen LogP contribution in [0.25, 0.3) is 10.2 Å². The van der Waals surface area contributed by atoms with E-state index in [4.69, 9.17) is 0 Å². The van der Waals surface area contributed by atoms with Crippen molar-refractivity contribution in [2.24, 2.45) is 11.8 Å². The van der Waals surface area contributed by atoms with E-state index in [1.807, 2.05) is 12.1 Å². The minimum absolute atomic E-state index is 0.225. The van der Waals surface area contributed by atoms with Gasteiger partial charge in [0.2, 0.25) is 5.91 Å². The van der Waals surface area contributed by atoms with Gasteiger partial charge in [0.05, 0.1) is 22.1 Å². The SMILES string of the molecule is O=C(Nc1ccc2nc(SCc3ccc(F)cc3)sc2c1)[C@H]1CCCC[C@H]1C(=O)O. The van der Waals surface area contributed by atoms with Gasteiger partial charge in [-0.3, -0.25) is 9.59 Å². The molecule has 2 aromatic carbocycles. The Morgan fingerprint density at radius 1 is 1.13 bits per heavy atom. The number of anilines is 1. The molecule has 0 spiro atoms. The van der Waals surface area contributed by atoms with E-state index in [2.05, 4.69) is 10.3 Å². The lowest BCUT2D eigenvalue weighted by Crippen LogP contribution is -2.36. The second-order valence-electron chi connectivity index (χ2n) is 7.40. The summed E-state index contributed by atoms with van der Waals surface area (Å²) < 4.78 is 14.9. The topological polar surface area (TPSA) is 79.3 Å². The zero-order valence-corrected chi connectivity index (χ0v) is 17.8. The molecule has 1 aliphatic carbocycles. The number of carbonyl (C=O) groups is 2. The van der Waals surface area contributed by atoms with Crippen molar-refractivity contribution in [1.82, 2.24) is 4.98 Å². The number of thioether (sulfide) groups is 1. The number of carbonyl (C=O) groups excluding carboxylic acids is 1. The first-order valence-electron chi connectivity index (χ1n) is 9.81. The Bertz CT molecular complexity index is 1070. The fraction of sp³-hybridized carbons (Fsp3) is 0.318. The summed E-state index contributed by atoms with van der Waals surface area (Å²) in [5.41, 5.74) is 2.52. The molecule has 0 aliphatic heterocycles. The molecule has 1 fully saturated rings. The molecule has 2 atom stereocenters. The van der Waals surface area contributed by atoms with Gasteiger partial charge in [-0.25, -0.2) is 9.37 Å². The molecule has 30 heavy (non-hydrogen) atoms. The molecule has 3 aromatic rings. The van der Waals surface area contributed by atoms with Crippen LogP contribution in [0.15, 0.2) is 46.8 Å². The van der Waals surface area contributed by atoms with Gasteiger partial charge in [0.1, 0.15) is 5.82 Å². The summed E-state index contributed by atoms with van der Waals surface area (Å²) in [6, 6.07) is 12.0. The molecule has 0 saturated heterocycles. The Morgan fingerprint density at radius 2 is 1.87 bits per heavy atom. The predicted octanol–water partition coefficient (Wildman–Crippen LogP) is 5.56. The van der Waals surface area contributed by atoms with Crippen molar-refractivity contribution in [3.63, 3.8) is 0 Å². The average molecular weight is 445 g/mol. The summed E-state index contributed by atoms with van der Waals surface area (Å²) in [7, 11) is 0. The highest BCUT2D eigenvalue weighted by Gasteiger charge is 2.35. The van der Waals surface area contributed by atoms with Crippen molar-refractivity contribution in [1.29, 1.82) is 0 Å². The number of hydrogen-bond donors (Lipinski definition) is 2. The maximum Gasteiger partial charge on any atom is 0.307 e. The summed E-state index contributed by atoms with van der Waals surface area (Å²) in [5, 5.41) is 12.3. The van der Waals surface area contributed by atoms with Crippen molar-refractivity contribution in [2.75, 3.05) is 5.32 Å². The third-order valence-corrected chi connectivity index (χ3v) is 7.56. The van der Waals surface area contributed by atoms with E-state index in [0.29, 0.717) is 24.3 Å². The van der Waals surface area contributed by atoms with Gasteiger partial charge in [0.15, 0.2) is 4.34 Å². The Balaban J connectivity index is 1.43. The molecule has 0 radical (unpaired) electrons. The Morgan fingerprint density at radius 3 is 2.60 bits per heavy atom. The summed E-state index contributed by atoms with van der Waals surface area (Å²) in [5.74, 6) is -1.77. The highest BCUT2D eigenvalue weighted by atomic mass is 32.2. The number of halogens is 1. The van der Waals surface area contributed by atoms with Crippen molar-refractivity contribution in [2.45, 2.75) is 35.8 Å². The summed E-state index contributed by atoms with van der Waals surface area (Å²) >= 11 is 3.12. The number of nitrogens with zero attached hydrogens (tertiary/aromatic N) is 1. The minimum Gasteiger partial charge on any atom is -0.481 e. The number of carboxylic acid groups (broad SMARTS) is 1. The van der Waals surface area contributed by atoms with Crippen LogP contribution in [0.1, 0.15) is 31.2 Å². The first kappa shape index (κ1) is 20.8. The number of thiazole rings is 1. The molecule has 1 heterocycles. The molecular weight excluding hydrogens is 423 g/mol. The summed E-state index contributed by atoms with van der Waals surface area (Å²) in [6.45, 7) is 0. The second kappa shape index (κ2) is 9.14. The van der Waals surface area contributed by atoms with E-state index < -0.39 is 17.8 Å². The van der Waals surface area contributed by atoms with Crippen LogP contribution in [0.4, 0.5) is 10.1 Å². The fourth-order valence-corrected chi connectivity index (χ4v) is 5.81. The van der Waals surface area contributed by atoms with Crippen molar-refractivity contribution in [3.05, 3.63) is 53.8 Å². The third-order valence-electron chi connectivity index (χ3n) is 5.33. The van der Waals surface area contributed by atoms with E-state index >= 15 is 0 Å². The van der Waals surface area contributed by atoms with Gasteiger partial charge in [-0.2, -0.15) is 0 Å². The van der Waals surface area contributed by atoms with Gasteiger partial charge in [0, 0.05) is 11.4 Å².